The quantitative estimate of drug-likeness (QED) is 0.381. The highest BCUT2D eigenvalue weighted by Gasteiger charge is 2.39. The van der Waals surface area contributed by atoms with Crippen molar-refractivity contribution in [3.8, 4) is 11.1 Å². The van der Waals surface area contributed by atoms with Crippen LogP contribution in [0.2, 0.25) is 0 Å². The molecule has 1 amide bonds. The molecule has 3 aromatic rings. The molecule has 0 bridgehead atoms. The molecule has 1 N–H and O–H groups in total. The van der Waals surface area contributed by atoms with E-state index in [4.69, 9.17) is 0 Å². The van der Waals surface area contributed by atoms with Gasteiger partial charge in [-0.05, 0) is 31.2 Å². The maximum atomic E-state index is 15.0. The highest BCUT2D eigenvalue weighted by atomic mass is 32.2. The van der Waals surface area contributed by atoms with Gasteiger partial charge in [-0.3, -0.25) is 9.36 Å². The summed E-state index contributed by atoms with van der Waals surface area (Å²) in [4.78, 5) is 32.7. The van der Waals surface area contributed by atoms with Gasteiger partial charge < -0.3 is 14.9 Å². The lowest BCUT2D eigenvalue weighted by molar-refractivity contribution is -0.137. The van der Waals surface area contributed by atoms with Gasteiger partial charge in [0.1, 0.15) is 17.5 Å². The van der Waals surface area contributed by atoms with Gasteiger partial charge >= 0.3 is 11.9 Å². The van der Waals surface area contributed by atoms with Crippen LogP contribution in [0.1, 0.15) is 12.5 Å². The molecular formula is C26H23F5N4O3S. The Bertz CT molecular complexity index is 1560. The van der Waals surface area contributed by atoms with Crippen molar-refractivity contribution in [1.82, 2.24) is 14.5 Å². The molecule has 3 heterocycles. The third-order valence-corrected chi connectivity index (χ3v) is 8.14. The number of anilines is 1. The van der Waals surface area contributed by atoms with E-state index < -0.39 is 52.3 Å². The monoisotopic (exact) mass is 566 g/mol. The first-order chi connectivity index (χ1) is 18.4. The Balaban J connectivity index is 1.83. The summed E-state index contributed by atoms with van der Waals surface area (Å²) in [5.74, 6) is -2.51. The van der Waals surface area contributed by atoms with Crippen LogP contribution < -0.4 is 10.6 Å². The van der Waals surface area contributed by atoms with Gasteiger partial charge in [0.05, 0.1) is 23.7 Å². The van der Waals surface area contributed by atoms with E-state index in [-0.39, 0.29) is 59.5 Å². The molecule has 2 atom stereocenters. The minimum absolute atomic E-state index is 0.000132. The number of carbonyl (C=O) groups is 1. The van der Waals surface area contributed by atoms with Crippen LogP contribution in [-0.4, -0.2) is 63.0 Å². The number of benzene rings is 2. The summed E-state index contributed by atoms with van der Waals surface area (Å²) < 4.78 is 73.5. The topological polar surface area (TPSA) is 78.7 Å². The third-order valence-electron chi connectivity index (χ3n) is 6.90. The van der Waals surface area contributed by atoms with Crippen molar-refractivity contribution in [2.24, 2.45) is 0 Å². The molecule has 0 radical (unpaired) electrons. The van der Waals surface area contributed by atoms with Gasteiger partial charge in [-0.15, -0.1) is 11.8 Å². The number of halogens is 5. The van der Waals surface area contributed by atoms with Gasteiger partial charge in [-0.2, -0.15) is 18.2 Å². The maximum Gasteiger partial charge on any atom is 0.417 e. The molecule has 0 saturated carbocycles. The second-order valence-corrected chi connectivity index (χ2v) is 10.5. The molecule has 2 aliphatic heterocycles. The van der Waals surface area contributed by atoms with E-state index in [1.165, 1.54) is 6.08 Å². The van der Waals surface area contributed by atoms with Crippen LogP contribution in [0.15, 0.2) is 46.6 Å². The fraction of sp³-hybridized carbons (Fsp3) is 0.346. The summed E-state index contributed by atoms with van der Waals surface area (Å²) in [5.41, 5.74) is -2.91. The Morgan fingerprint density at radius 1 is 1.21 bits per heavy atom. The van der Waals surface area contributed by atoms with E-state index >= 15 is 0 Å². The molecule has 5 rings (SSSR count). The van der Waals surface area contributed by atoms with Crippen LogP contribution in [0.3, 0.4) is 0 Å². The summed E-state index contributed by atoms with van der Waals surface area (Å²) in [6.45, 7) is 5.65. The number of aliphatic hydroxyl groups is 1. The van der Waals surface area contributed by atoms with Crippen molar-refractivity contribution >= 4 is 34.4 Å². The largest absolute Gasteiger partial charge is 0.417 e. The summed E-state index contributed by atoms with van der Waals surface area (Å²) in [5, 5.41) is 10.5. The lowest BCUT2D eigenvalue weighted by atomic mass is 9.95. The molecule has 2 aliphatic rings. The normalized spacial score (nSPS) is 19.8. The van der Waals surface area contributed by atoms with Crippen molar-refractivity contribution in [2.75, 3.05) is 30.3 Å². The van der Waals surface area contributed by atoms with E-state index in [9.17, 15) is 36.6 Å². The van der Waals surface area contributed by atoms with Crippen molar-refractivity contribution in [3.63, 3.8) is 0 Å². The number of rotatable bonds is 3. The Kier molecular flexibility index (Phi) is 6.91. The average molecular weight is 567 g/mol. The summed E-state index contributed by atoms with van der Waals surface area (Å²) in [7, 11) is 0. The van der Waals surface area contributed by atoms with Gasteiger partial charge in [0.25, 0.3) is 0 Å². The molecule has 1 aromatic heterocycles. The van der Waals surface area contributed by atoms with E-state index in [1.807, 2.05) is 0 Å². The molecule has 0 aliphatic carbocycles. The molecule has 1 unspecified atom stereocenters. The number of amides is 1. The molecule has 2 aromatic carbocycles. The highest BCUT2D eigenvalue weighted by Crippen LogP contribution is 2.48. The number of aliphatic hydroxyl groups excluding tert-OH is 1. The Hall–Kier alpha value is -3.45. The SMILES string of the molecule is C=CC(=O)N1CCN(c2nc(=O)n3c4c(c(-c5ccc(F)cc5F)c(C(F)(F)F)cc24)SCC(O)C3)[C@@H](C)C1. The first-order valence-electron chi connectivity index (χ1n) is 12.0. The first kappa shape index (κ1) is 27.1. The predicted octanol–water partition coefficient (Wildman–Crippen LogP) is 4.05. The van der Waals surface area contributed by atoms with Gasteiger partial charge in [-0.25, -0.2) is 13.6 Å². The standard InChI is InChI=1S/C26H23F5N4O3S/c1-3-20(37)33-6-7-34(13(2)10-33)24-17-9-18(26(29,30)31)21(16-5-4-14(27)8-19(16)28)23-22(17)35(25(38)32-24)11-15(36)12-39-23/h3-5,8-9,13,15,36H,1,6-7,10-12H2,2H3/t13-,15?/m0/s1. The Morgan fingerprint density at radius 3 is 2.59 bits per heavy atom. The molecule has 13 heteroatoms. The minimum Gasteiger partial charge on any atom is -0.390 e. The van der Waals surface area contributed by atoms with Crippen molar-refractivity contribution < 1.29 is 31.9 Å². The molecule has 7 nitrogen and oxygen atoms in total. The molecule has 206 valence electrons. The van der Waals surface area contributed by atoms with Gasteiger partial charge in [0, 0.05) is 58.9 Å². The molecular weight excluding hydrogens is 543 g/mol. The summed E-state index contributed by atoms with van der Waals surface area (Å²) in [6.07, 6.45) is -4.87. The number of hydrogen-bond acceptors (Lipinski definition) is 6. The first-order valence-corrected chi connectivity index (χ1v) is 13.0. The van der Waals surface area contributed by atoms with Crippen LogP contribution in [0.5, 0.6) is 0 Å². The van der Waals surface area contributed by atoms with Gasteiger partial charge in [0.2, 0.25) is 5.91 Å². The number of aromatic nitrogens is 2. The van der Waals surface area contributed by atoms with Crippen molar-refractivity contribution in [2.45, 2.75) is 36.7 Å². The zero-order valence-corrected chi connectivity index (χ0v) is 21.5. The lowest BCUT2D eigenvalue weighted by Crippen LogP contribution is -2.54. The van der Waals surface area contributed by atoms with Crippen LogP contribution in [0.4, 0.5) is 27.8 Å². The van der Waals surface area contributed by atoms with E-state index in [1.54, 1.807) is 16.7 Å². The third kappa shape index (κ3) is 4.78. The lowest BCUT2D eigenvalue weighted by Gasteiger charge is -2.40. The molecule has 1 saturated heterocycles. The van der Waals surface area contributed by atoms with E-state index in [2.05, 4.69) is 11.6 Å². The molecule has 1 fully saturated rings. The molecule has 39 heavy (non-hydrogen) atoms. The zero-order chi connectivity index (χ0) is 28.2. The average Bonchev–Trinajstić information content (AvgIpc) is 3.05. The summed E-state index contributed by atoms with van der Waals surface area (Å²) in [6, 6.07) is 2.72. The second-order valence-electron chi connectivity index (χ2n) is 9.47. The number of carbonyl (C=O) groups excluding carboxylic acids is 1. The maximum absolute atomic E-state index is 15.0. The minimum atomic E-state index is -4.95. The van der Waals surface area contributed by atoms with E-state index in [0.717, 1.165) is 34.5 Å². The smallest absolute Gasteiger partial charge is 0.390 e. The van der Waals surface area contributed by atoms with Gasteiger partial charge in [0.15, 0.2) is 0 Å². The van der Waals surface area contributed by atoms with Crippen molar-refractivity contribution in [1.29, 1.82) is 0 Å². The highest BCUT2D eigenvalue weighted by molar-refractivity contribution is 7.99. The second kappa shape index (κ2) is 9.94. The fourth-order valence-corrected chi connectivity index (χ4v) is 6.34. The van der Waals surface area contributed by atoms with E-state index in [0.29, 0.717) is 6.07 Å². The number of thioether (sulfide) groups is 1. The molecule has 0 spiro atoms. The number of nitrogens with zero attached hydrogens (tertiary/aromatic N) is 4. The predicted molar refractivity (Wildman–Crippen MR) is 137 cm³/mol. The van der Waals surface area contributed by atoms with Gasteiger partial charge in [-0.1, -0.05) is 6.58 Å². The fourth-order valence-electron chi connectivity index (χ4n) is 5.15. The van der Waals surface area contributed by atoms with Crippen LogP contribution >= 0.6 is 11.8 Å². The number of hydrogen-bond donors (Lipinski definition) is 1. The Morgan fingerprint density at radius 2 is 1.95 bits per heavy atom. The van der Waals surface area contributed by atoms with Crippen molar-refractivity contribution in [3.05, 3.63) is 64.6 Å². The van der Waals surface area contributed by atoms with Crippen LogP contribution in [0, 0.1) is 11.6 Å². The number of alkyl halides is 3. The summed E-state index contributed by atoms with van der Waals surface area (Å²) >= 11 is 0.866. The number of piperazine rings is 1. The Labute approximate surface area is 223 Å². The van der Waals surface area contributed by atoms with Crippen LogP contribution in [-0.2, 0) is 17.5 Å². The zero-order valence-electron chi connectivity index (χ0n) is 20.6. The van der Waals surface area contributed by atoms with Crippen LogP contribution in [0.25, 0.3) is 22.0 Å².